The molecule has 1 aliphatic heterocycles. The predicted molar refractivity (Wildman–Crippen MR) is 188 cm³/mol. The number of nitrogens with one attached hydrogen (secondary N) is 1. The fourth-order valence-corrected chi connectivity index (χ4v) is 5.92. The van der Waals surface area contributed by atoms with E-state index in [0.717, 1.165) is 62.0 Å². The molecule has 0 saturated heterocycles. The molecule has 5 aromatic carbocycles. The summed E-state index contributed by atoms with van der Waals surface area (Å²) in [5.74, 6) is 1.60. The van der Waals surface area contributed by atoms with E-state index in [-0.39, 0.29) is 0 Å². The lowest BCUT2D eigenvalue weighted by Gasteiger charge is -2.22. The maximum absolute atomic E-state index is 5.17. The van der Waals surface area contributed by atoms with Crippen LogP contribution in [-0.4, -0.2) is 21.6 Å². The number of fused-ring (bicyclic) bond motifs is 1. The van der Waals surface area contributed by atoms with Crippen LogP contribution in [0, 0.1) is 0 Å². The average molecular weight is 592 g/mol. The van der Waals surface area contributed by atoms with Gasteiger partial charge in [-0.15, -0.1) is 0 Å². The maximum atomic E-state index is 5.17. The Morgan fingerprint density at radius 2 is 1.07 bits per heavy atom. The lowest BCUT2D eigenvalue weighted by molar-refractivity contribution is 0.756. The van der Waals surface area contributed by atoms with Crippen molar-refractivity contribution in [1.29, 1.82) is 0 Å². The largest absolute Gasteiger partial charge is 0.324 e. The first-order valence-corrected chi connectivity index (χ1v) is 15.3. The van der Waals surface area contributed by atoms with Crippen molar-refractivity contribution in [2.24, 2.45) is 9.98 Å². The van der Waals surface area contributed by atoms with E-state index in [9.17, 15) is 0 Å². The molecular formula is C41H29N5. The molecule has 0 unspecified atom stereocenters. The fourth-order valence-electron chi connectivity index (χ4n) is 5.92. The van der Waals surface area contributed by atoms with Gasteiger partial charge in [0.15, 0.2) is 6.17 Å². The van der Waals surface area contributed by atoms with Gasteiger partial charge in [0.25, 0.3) is 0 Å². The molecule has 0 amide bonds. The van der Waals surface area contributed by atoms with Crippen molar-refractivity contribution in [1.82, 2.24) is 15.3 Å². The molecule has 46 heavy (non-hydrogen) atoms. The van der Waals surface area contributed by atoms with Crippen molar-refractivity contribution in [3.8, 4) is 33.6 Å². The highest BCUT2D eigenvalue weighted by Crippen LogP contribution is 2.35. The number of hydrogen-bond acceptors (Lipinski definition) is 5. The van der Waals surface area contributed by atoms with E-state index in [1.807, 2.05) is 60.9 Å². The van der Waals surface area contributed by atoms with Gasteiger partial charge in [-0.05, 0) is 57.8 Å². The number of aliphatic imine (C=N–C) groups is 2. The first kappa shape index (κ1) is 27.4. The van der Waals surface area contributed by atoms with Crippen molar-refractivity contribution in [3.05, 3.63) is 181 Å². The summed E-state index contributed by atoms with van der Waals surface area (Å²) in [4.78, 5) is 19.6. The second-order valence-electron chi connectivity index (χ2n) is 11.2. The van der Waals surface area contributed by atoms with Gasteiger partial charge in [0.1, 0.15) is 11.7 Å². The minimum Gasteiger partial charge on any atom is -0.324 e. The summed E-state index contributed by atoms with van der Waals surface area (Å²) < 4.78 is 0. The third kappa shape index (κ3) is 5.46. The van der Waals surface area contributed by atoms with Crippen LogP contribution in [0.4, 0.5) is 0 Å². The third-order valence-corrected chi connectivity index (χ3v) is 8.22. The van der Waals surface area contributed by atoms with Gasteiger partial charge in [-0.2, -0.15) is 0 Å². The summed E-state index contributed by atoms with van der Waals surface area (Å²) >= 11 is 0. The molecule has 0 fully saturated rings. The molecule has 0 spiro atoms. The molecular weight excluding hydrogens is 562 g/mol. The van der Waals surface area contributed by atoms with E-state index in [0.29, 0.717) is 0 Å². The predicted octanol–water partition coefficient (Wildman–Crippen LogP) is 9.13. The summed E-state index contributed by atoms with van der Waals surface area (Å²) in [5, 5.41) is 5.84. The monoisotopic (exact) mass is 591 g/mol. The van der Waals surface area contributed by atoms with Crippen LogP contribution in [-0.2, 0) is 0 Å². The molecule has 7 aromatic rings. The SMILES string of the molecule is c1ccc(C2=NC(c3cccc(-c4cc(-c5ccncc5)nc(-c5cccc6ccccc56)c4)c3)N=C(c3ccccc3)N2)cc1. The summed E-state index contributed by atoms with van der Waals surface area (Å²) in [6.45, 7) is 0. The Hall–Kier alpha value is -6.20. The first-order valence-electron chi connectivity index (χ1n) is 15.3. The summed E-state index contributed by atoms with van der Waals surface area (Å²) in [7, 11) is 0. The first-order chi connectivity index (χ1) is 22.8. The number of benzene rings is 5. The number of pyridine rings is 2. The Morgan fingerprint density at radius 1 is 0.457 bits per heavy atom. The Kier molecular flexibility index (Phi) is 7.17. The van der Waals surface area contributed by atoms with Crippen LogP contribution >= 0.6 is 0 Å². The van der Waals surface area contributed by atoms with Crippen LogP contribution in [0.3, 0.4) is 0 Å². The standard InChI is InChI=1S/C41H29N5/c1-3-12-30(13-4-1)39-44-40(31-14-5-2-6-15-31)46-41(45-39)33-18-9-17-32(25-33)34-26-37(29-21-23-42-24-22-29)43-38(27-34)36-20-10-16-28-11-7-8-19-35(28)36/h1-27,41H,(H,44,45,46). The van der Waals surface area contributed by atoms with E-state index in [1.54, 1.807) is 0 Å². The fraction of sp³-hybridized carbons (Fsp3) is 0.0244. The molecule has 5 nitrogen and oxygen atoms in total. The minimum absolute atomic E-state index is 0.411. The molecule has 8 rings (SSSR count). The Bertz CT molecular complexity index is 2160. The number of aromatic nitrogens is 2. The van der Waals surface area contributed by atoms with Crippen molar-refractivity contribution in [2.75, 3.05) is 0 Å². The zero-order valence-electron chi connectivity index (χ0n) is 25.0. The van der Waals surface area contributed by atoms with Crippen LogP contribution in [0.5, 0.6) is 0 Å². The Balaban J connectivity index is 1.26. The zero-order chi connectivity index (χ0) is 30.7. The molecule has 0 aliphatic carbocycles. The van der Waals surface area contributed by atoms with Crippen molar-refractivity contribution in [3.63, 3.8) is 0 Å². The average Bonchev–Trinajstić information content (AvgIpc) is 3.15. The van der Waals surface area contributed by atoms with Gasteiger partial charge >= 0.3 is 0 Å². The van der Waals surface area contributed by atoms with Crippen molar-refractivity contribution in [2.45, 2.75) is 6.17 Å². The summed E-state index contributed by atoms with van der Waals surface area (Å²) in [6, 6.07) is 52.2. The van der Waals surface area contributed by atoms with Crippen LogP contribution in [0.2, 0.25) is 0 Å². The highest BCUT2D eigenvalue weighted by molar-refractivity contribution is 6.15. The molecule has 5 heteroatoms. The van der Waals surface area contributed by atoms with E-state index >= 15 is 0 Å². The molecule has 0 saturated carbocycles. The van der Waals surface area contributed by atoms with Crippen LogP contribution < -0.4 is 5.32 Å². The number of nitrogens with zero attached hydrogens (tertiary/aromatic N) is 4. The smallest absolute Gasteiger partial charge is 0.169 e. The summed E-state index contributed by atoms with van der Waals surface area (Å²) in [5.41, 5.74) is 9.11. The second kappa shape index (κ2) is 12.1. The van der Waals surface area contributed by atoms with Gasteiger partial charge in [-0.1, -0.05) is 121 Å². The molecule has 0 bridgehead atoms. The number of hydrogen-bond donors (Lipinski definition) is 1. The molecule has 218 valence electrons. The highest BCUT2D eigenvalue weighted by atomic mass is 15.2. The molecule has 1 aliphatic rings. The van der Waals surface area contributed by atoms with E-state index in [4.69, 9.17) is 15.0 Å². The molecule has 0 radical (unpaired) electrons. The van der Waals surface area contributed by atoms with Gasteiger partial charge in [0.2, 0.25) is 0 Å². The number of rotatable bonds is 6. The Labute approximate surface area is 267 Å². The minimum atomic E-state index is -0.411. The van der Waals surface area contributed by atoms with Crippen molar-refractivity contribution >= 4 is 22.4 Å². The highest BCUT2D eigenvalue weighted by Gasteiger charge is 2.21. The van der Waals surface area contributed by atoms with Gasteiger partial charge in [-0.25, -0.2) is 15.0 Å². The van der Waals surface area contributed by atoms with E-state index in [1.165, 1.54) is 10.8 Å². The molecule has 3 heterocycles. The normalized spacial score (nSPS) is 13.1. The second-order valence-corrected chi connectivity index (χ2v) is 11.2. The van der Waals surface area contributed by atoms with E-state index < -0.39 is 6.17 Å². The van der Waals surface area contributed by atoms with Gasteiger partial charge in [0, 0.05) is 34.6 Å². The quantitative estimate of drug-likeness (QED) is 0.210. The van der Waals surface area contributed by atoms with Crippen LogP contribution in [0.15, 0.2) is 174 Å². The lowest BCUT2D eigenvalue weighted by atomic mass is 9.96. The van der Waals surface area contributed by atoms with Gasteiger partial charge in [0.05, 0.1) is 11.4 Å². The van der Waals surface area contributed by atoms with Gasteiger partial charge < -0.3 is 5.32 Å². The maximum Gasteiger partial charge on any atom is 0.169 e. The van der Waals surface area contributed by atoms with Crippen LogP contribution in [0.25, 0.3) is 44.4 Å². The molecule has 0 atom stereocenters. The third-order valence-electron chi connectivity index (χ3n) is 8.22. The zero-order valence-corrected chi connectivity index (χ0v) is 25.0. The molecule has 1 N–H and O–H groups in total. The van der Waals surface area contributed by atoms with Gasteiger partial charge in [-0.3, -0.25) is 4.98 Å². The van der Waals surface area contributed by atoms with Crippen LogP contribution in [0.1, 0.15) is 22.9 Å². The molecule has 2 aromatic heterocycles. The van der Waals surface area contributed by atoms with E-state index in [2.05, 4.69) is 113 Å². The summed E-state index contributed by atoms with van der Waals surface area (Å²) in [6.07, 6.45) is 3.21. The lowest BCUT2D eigenvalue weighted by Crippen LogP contribution is -2.35. The Morgan fingerprint density at radius 3 is 1.80 bits per heavy atom. The van der Waals surface area contributed by atoms with Crippen molar-refractivity contribution < 1.29 is 0 Å². The number of amidine groups is 2. The topological polar surface area (TPSA) is 62.5 Å².